The summed E-state index contributed by atoms with van der Waals surface area (Å²) in [6.45, 7) is 1.52. The quantitative estimate of drug-likeness (QED) is 0.811. The largest absolute Gasteiger partial charge is 0.370 e. The number of hydrogen-bond donors (Lipinski definition) is 2. The van der Waals surface area contributed by atoms with Crippen LogP contribution >= 0.6 is 11.6 Å². The van der Waals surface area contributed by atoms with Crippen LogP contribution in [0.1, 0.15) is 19.3 Å². The third-order valence-electron chi connectivity index (χ3n) is 3.00. The Morgan fingerprint density at radius 1 is 1.33 bits per heavy atom. The van der Waals surface area contributed by atoms with E-state index in [-0.39, 0.29) is 17.1 Å². The van der Waals surface area contributed by atoms with Gasteiger partial charge in [-0.1, -0.05) is 0 Å². The van der Waals surface area contributed by atoms with Gasteiger partial charge >= 0.3 is 0 Å². The normalized spacial score (nSPS) is 16.8. The van der Waals surface area contributed by atoms with Gasteiger partial charge in [0.15, 0.2) is 0 Å². The summed E-state index contributed by atoms with van der Waals surface area (Å²) >= 11 is 5.74. The van der Waals surface area contributed by atoms with Crippen molar-refractivity contribution >= 4 is 29.4 Å². The highest BCUT2D eigenvalue weighted by molar-refractivity contribution is 6.28. The molecule has 0 unspecified atom stereocenters. The number of carbonyl (C=O) groups is 1. The Hall–Kier alpha value is -1.63. The molecule has 0 radical (unpaired) electrons. The summed E-state index contributed by atoms with van der Waals surface area (Å²) < 4.78 is 0. The van der Waals surface area contributed by atoms with E-state index in [4.69, 9.17) is 23.1 Å². The second kappa shape index (κ2) is 5.34. The molecule has 1 aliphatic heterocycles. The maximum absolute atomic E-state index is 10.9. The fourth-order valence-electron chi connectivity index (χ4n) is 2.12. The SMILES string of the molecule is NC(=O)CC1CCN(c2nc(N)nc(Cl)n2)CC1. The number of nitrogens with two attached hydrogens (primary N) is 2. The molecule has 2 heterocycles. The molecular weight excluding hydrogens is 256 g/mol. The van der Waals surface area contributed by atoms with Crippen molar-refractivity contribution in [2.75, 3.05) is 23.7 Å². The van der Waals surface area contributed by atoms with Crippen LogP contribution in [0.5, 0.6) is 0 Å². The number of halogens is 1. The van der Waals surface area contributed by atoms with Crippen LogP contribution in [-0.2, 0) is 4.79 Å². The van der Waals surface area contributed by atoms with E-state index in [2.05, 4.69) is 15.0 Å². The molecular formula is C10H15ClN6O. The number of primary amides is 1. The van der Waals surface area contributed by atoms with Gasteiger partial charge in [-0.3, -0.25) is 4.79 Å². The summed E-state index contributed by atoms with van der Waals surface area (Å²) in [7, 11) is 0. The molecule has 1 fully saturated rings. The molecule has 1 amide bonds. The second-order valence-corrected chi connectivity index (χ2v) is 4.70. The molecule has 1 aromatic heterocycles. The Balaban J connectivity index is 1.98. The number of nitrogens with zero attached hydrogens (tertiary/aromatic N) is 4. The van der Waals surface area contributed by atoms with E-state index in [1.165, 1.54) is 0 Å². The molecule has 7 nitrogen and oxygen atoms in total. The van der Waals surface area contributed by atoms with Crippen LogP contribution in [0.15, 0.2) is 0 Å². The number of aromatic nitrogens is 3. The first-order valence-electron chi connectivity index (χ1n) is 5.75. The Labute approximate surface area is 110 Å². The third-order valence-corrected chi connectivity index (χ3v) is 3.17. The lowest BCUT2D eigenvalue weighted by molar-refractivity contribution is -0.119. The molecule has 0 bridgehead atoms. The minimum Gasteiger partial charge on any atom is -0.370 e. The van der Waals surface area contributed by atoms with Gasteiger partial charge < -0.3 is 16.4 Å². The minimum absolute atomic E-state index is 0.0942. The lowest BCUT2D eigenvalue weighted by Crippen LogP contribution is -2.36. The monoisotopic (exact) mass is 270 g/mol. The maximum atomic E-state index is 10.9. The molecule has 0 spiro atoms. The van der Waals surface area contributed by atoms with Gasteiger partial charge in [0.1, 0.15) is 0 Å². The molecule has 18 heavy (non-hydrogen) atoms. The van der Waals surface area contributed by atoms with Crippen LogP contribution in [0.25, 0.3) is 0 Å². The van der Waals surface area contributed by atoms with Crippen molar-refractivity contribution in [3.63, 3.8) is 0 Å². The van der Waals surface area contributed by atoms with Crippen molar-refractivity contribution in [3.05, 3.63) is 5.28 Å². The highest BCUT2D eigenvalue weighted by atomic mass is 35.5. The van der Waals surface area contributed by atoms with E-state index in [9.17, 15) is 4.79 Å². The highest BCUT2D eigenvalue weighted by Gasteiger charge is 2.22. The summed E-state index contributed by atoms with van der Waals surface area (Å²) in [5.41, 5.74) is 10.7. The first-order valence-corrected chi connectivity index (χ1v) is 6.12. The van der Waals surface area contributed by atoms with Crippen LogP contribution in [-0.4, -0.2) is 33.9 Å². The van der Waals surface area contributed by atoms with Crippen LogP contribution < -0.4 is 16.4 Å². The summed E-state index contributed by atoms with van der Waals surface area (Å²) in [6, 6.07) is 0. The van der Waals surface area contributed by atoms with Crippen molar-refractivity contribution in [3.8, 4) is 0 Å². The average molecular weight is 271 g/mol. The highest BCUT2D eigenvalue weighted by Crippen LogP contribution is 2.23. The lowest BCUT2D eigenvalue weighted by atomic mass is 9.93. The van der Waals surface area contributed by atoms with Crippen molar-refractivity contribution < 1.29 is 4.79 Å². The molecule has 1 aromatic rings. The van der Waals surface area contributed by atoms with Gasteiger partial charge in [0.2, 0.25) is 23.1 Å². The van der Waals surface area contributed by atoms with Crippen LogP contribution in [0.4, 0.5) is 11.9 Å². The summed E-state index contributed by atoms with van der Waals surface area (Å²) in [5.74, 6) is 0.698. The zero-order chi connectivity index (χ0) is 13.1. The van der Waals surface area contributed by atoms with E-state index in [0.29, 0.717) is 18.3 Å². The Morgan fingerprint density at radius 2 is 2.00 bits per heavy atom. The van der Waals surface area contributed by atoms with Gasteiger partial charge in [-0.2, -0.15) is 15.0 Å². The maximum Gasteiger partial charge on any atom is 0.231 e. The topological polar surface area (TPSA) is 111 Å². The van der Waals surface area contributed by atoms with E-state index in [1.807, 2.05) is 4.90 Å². The summed E-state index contributed by atoms with van der Waals surface area (Å²) in [4.78, 5) is 24.6. The fraction of sp³-hybridized carbons (Fsp3) is 0.600. The molecule has 0 aliphatic carbocycles. The van der Waals surface area contributed by atoms with Gasteiger partial charge in [0.05, 0.1) is 0 Å². The first kappa shape index (κ1) is 12.8. The van der Waals surface area contributed by atoms with Gasteiger partial charge in [-0.15, -0.1) is 0 Å². The van der Waals surface area contributed by atoms with E-state index >= 15 is 0 Å². The van der Waals surface area contributed by atoms with Gasteiger partial charge in [-0.05, 0) is 30.4 Å². The predicted octanol–water partition coefficient (Wildman–Crippen LogP) is 0.199. The molecule has 0 atom stereocenters. The molecule has 4 N–H and O–H groups in total. The molecule has 0 aromatic carbocycles. The van der Waals surface area contributed by atoms with Crippen LogP contribution in [0.2, 0.25) is 5.28 Å². The van der Waals surface area contributed by atoms with Crippen molar-refractivity contribution in [2.45, 2.75) is 19.3 Å². The molecule has 2 rings (SSSR count). The predicted molar refractivity (Wildman–Crippen MR) is 68.0 cm³/mol. The smallest absolute Gasteiger partial charge is 0.231 e. The molecule has 0 saturated carbocycles. The van der Waals surface area contributed by atoms with E-state index in [0.717, 1.165) is 25.9 Å². The van der Waals surface area contributed by atoms with E-state index in [1.54, 1.807) is 0 Å². The Bertz CT molecular complexity index is 426. The molecule has 98 valence electrons. The van der Waals surface area contributed by atoms with Gasteiger partial charge in [0.25, 0.3) is 0 Å². The zero-order valence-electron chi connectivity index (χ0n) is 9.84. The van der Waals surface area contributed by atoms with Gasteiger partial charge in [-0.25, -0.2) is 0 Å². The van der Waals surface area contributed by atoms with Crippen molar-refractivity contribution in [1.29, 1.82) is 0 Å². The number of amides is 1. The number of anilines is 2. The van der Waals surface area contributed by atoms with Crippen molar-refractivity contribution in [1.82, 2.24) is 15.0 Å². The Morgan fingerprint density at radius 3 is 2.56 bits per heavy atom. The third kappa shape index (κ3) is 3.19. The first-order chi connectivity index (χ1) is 8.54. The number of nitrogen functional groups attached to an aromatic ring is 1. The average Bonchev–Trinajstić information content (AvgIpc) is 2.27. The zero-order valence-corrected chi connectivity index (χ0v) is 10.6. The lowest BCUT2D eigenvalue weighted by Gasteiger charge is -2.31. The van der Waals surface area contributed by atoms with Crippen LogP contribution in [0, 0.1) is 5.92 Å². The van der Waals surface area contributed by atoms with Gasteiger partial charge in [0, 0.05) is 19.5 Å². The van der Waals surface area contributed by atoms with E-state index < -0.39 is 0 Å². The number of carbonyl (C=O) groups excluding carboxylic acids is 1. The molecule has 8 heteroatoms. The summed E-state index contributed by atoms with van der Waals surface area (Å²) in [6.07, 6.45) is 2.20. The number of rotatable bonds is 3. The summed E-state index contributed by atoms with van der Waals surface area (Å²) in [5, 5.41) is 0.0942. The standard InChI is InChI=1S/C10H15ClN6O/c11-8-14-9(13)16-10(15-8)17-3-1-6(2-4-17)5-7(12)18/h6H,1-5H2,(H2,12,18)(H2,13,14,15,16). The number of hydrogen-bond acceptors (Lipinski definition) is 6. The van der Waals surface area contributed by atoms with Crippen LogP contribution in [0.3, 0.4) is 0 Å². The van der Waals surface area contributed by atoms with Crippen molar-refractivity contribution in [2.24, 2.45) is 11.7 Å². The minimum atomic E-state index is -0.249. The fourth-order valence-corrected chi connectivity index (χ4v) is 2.28. The Kier molecular flexibility index (Phi) is 3.81. The number of piperidine rings is 1. The molecule has 1 saturated heterocycles. The molecule has 1 aliphatic rings. The second-order valence-electron chi connectivity index (χ2n) is 4.36.